The van der Waals surface area contributed by atoms with Crippen LogP contribution in [0.5, 0.6) is 0 Å². The lowest BCUT2D eigenvalue weighted by atomic mass is 10.0. The molecule has 0 bridgehead atoms. The van der Waals surface area contributed by atoms with Crippen LogP contribution in [0.4, 0.5) is 0 Å². The first kappa shape index (κ1) is 20.6. The molecule has 0 spiro atoms. The van der Waals surface area contributed by atoms with Crippen molar-refractivity contribution in [3.63, 3.8) is 0 Å². The molecule has 0 aliphatic carbocycles. The topological polar surface area (TPSA) is 57.7 Å². The highest BCUT2D eigenvalue weighted by Gasteiger charge is 2.31. The van der Waals surface area contributed by atoms with E-state index in [1.807, 2.05) is 50.2 Å². The molecule has 1 fully saturated rings. The summed E-state index contributed by atoms with van der Waals surface area (Å²) in [5, 5.41) is 0. The lowest BCUT2D eigenvalue weighted by Gasteiger charge is -2.34. The van der Waals surface area contributed by atoms with Crippen LogP contribution in [-0.4, -0.2) is 49.7 Å². The van der Waals surface area contributed by atoms with Gasteiger partial charge in [0, 0.05) is 31.7 Å². The Bertz CT molecular complexity index is 958. The van der Waals surface area contributed by atoms with Crippen LogP contribution >= 0.6 is 0 Å². The predicted molar refractivity (Wildman–Crippen MR) is 111 cm³/mol. The molecule has 150 valence electrons. The van der Waals surface area contributed by atoms with Gasteiger partial charge in [-0.3, -0.25) is 4.79 Å². The van der Waals surface area contributed by atoms with Crippen LogP contribution in [0.1, 0.15) is 46.8 Å². The van der Waals surface area contributed by atoms with Crippen LogP contribution in [0, 0.1) is 13.8 Å². The highest BCUT2D eigenvalue weighted by atomic mass is 32.2. The Labute approximate surface area is 168 Å². The second-order valence-electron chi connectivity index (χ2n) is 7.74. The van der Waals surface area contributed by atoms with Gasteiger partial charge in [0.05, 0.1) is 4.90 Å². The van der Waals surface area contributed by atoms with Crippen molar-refractivity contribution < 1.29 is 13.2 Å². The number of aryl methyl sites for hydroxylation is 2. The Balaban J connectivity index is 1.69. The third-order valence-electron chi connectivity index (χ3n) is 5.30. The van der Waals surface area contributed by atoms with Gasteiger partial charge < -0.3 is 4.90 Å². The fraction of sp³-hybridized carbons (Fsp3) is 0.409. The molecule has 6 heteroatoms. The molecule has 1 saturated heterocycles. The van der Waals surface area contributed by atoms with Gasteiger partial charge in [-0.25, -0.2) is 8.42 Å². The van der Waals surface area contributed by atoms with Gasteiger partial charge in [-0.2, -0.15) is 4.31 Å². The van der Waals surface area contributed by atoms with E-state index in [4.69, 9.17) is 0 Å². The number of hydrogen-bond acceptors (Lipinski definition) is 3. The summed E-state index contributed by atoms with van der Waals surface area (Å²) in [4.78, 5) is 14.8. The van der Waals surface area contributed by atoms with Crippen molar-refractivity contribution >= 4 is 15.9 Å². The average molecular weight is 401 g/mol. The maximum atomic E-state index is 13.0. The van der Waals surface area contributed by atoms with Crippen LogP contribution in [0.3, 0.4) is 0 Å². The average Bonchev–Trinajstić information content (AvgIpc) is 2.67. The third kappa shape index (κ3) is 4.13. The first-order valence-corrected chi connectivity index (χ1v) is 11.1. The zero-order chi connectivity index (χ0) is 20.5. The summed E-state index contributed by atoms with van der Waals surface area (Å²) >= 11 is 0. The molecule has 0 radical (unpaired) electrons. The molecule has 2 aromatic carbocycles. The molecule has 0 unspecified atom stereocenters. The Hall–Kier alpha value is -2.18. The van der Waals surface area contributed by atoms with Crippen LogP contribution < -0.4 is 0 Å². The molecule has 3 rings (SSSR count). The molecule has 0 atom stereocenters. The molecule has 28 heavy (non-hydrogen) atoms. The van der Waals surface area contributed by atoms with Crippen molar-refractivity contribution in [2.75, 3.05) is 26.2 Å². The van der Waals surface area contributed by atoms with Crippen molar-refractivity contribution in [3.8, 4) is 0 Å². The minimum atomic E-state index is -3.54. The van der Waals surface area contributed by atoms with E-state index in [-0.39, 0.29) is 5.91 Å². The van der Waals surface area contributed by atoms with Crippen molar-refractivity contribution in [2.45, 2.75) is 38.5 Å². The molecule has 0 aromatic heterocycles. The van der Waals surface area contributed by atoms with E-state index < -0.39 is 10.0 Å². The van der Waals surface area contributed by atoms with Gasteiger partial charge >= 0.3 is 0 Å². The summed E-state index contributed by atoms with van der Waals surface area (Å²) in [5.41, 5.74) is 3.63. The van der Waals surface area contributed by atoms with Gasteiger partial charge in [0.15, 0.2) is 0 Å². The number of sulfonamides is 1. The second-order valence-corrected chi connectivity index (χ2v) is 9.65. The zero-order valence-electron chi connectivity index (χ0n) is 17.0. The number of hydrogen-bond donors (Lipinski definition) is 0. The molecule has 1 heterocycles. The monoisotopic (exact) mass is 400 g/mol. The molecule has 1 amide bonds. The fourth-order valence-electron chi connectivity index (χ4n) is 3.55. The first-order chi connectivity index (χ1) is 13.2. The fourth-order valence-corrected chi connectivity index (χ4v) is 5.18. The van der Waals surface area contributed by atoms with E-state index in [0.717, 1.165) is 11.1 Å². The summed E-state index contributed by atoms with van der Waals surface area (Å²) in [6.07, 6.45) is 0. The smallest absolute Gasteiger partial charge is 0.253 e. The van der Waals surface area contributed by atoms with E-state index in [1.165, 1.54) is 9.87 Å². The molecule has 2 aromatic rings. The van der Waals surface area contributed by atoms with Gasteiger partial charge in [-0.05, 0) is 49.1 Å². The lowest BCUT2D eigenvalue weighted by Crippen LogP contribution is -2.50. The molecule has 1 aliphatic heterocycles. The second kappa shape index (κ2) is 8.05. The van der Waals surface area contributed by atoms with E-state index >= 15 is 0 Å². The van der Waals surface area contributed by atoms with Crippen molar-refractivity contribution in [3.05, 3.63) is 64.7 Å². The largest absolute Gasteiger partial charge is 0.336 e. The number of piperazine rings is 1. The van der Waals surface area contributed by atoms with Crippen LogP contribution in [0.15, 0.2) is 47.4 Å². The number of nitrogens with zero attached hydrogens (tertiary/aromatic N) is 2. The van der Waals surface area contributed by atoms with Gasteiger partial charge in [0.1, 0.15) is 0 Å². The number of rotatable bonds is 4. The molecule has 1 aliphatic rings. The first-order valence-electron chi connectivity index (χ1n) is 9.67. The van der Waals surface area contributed by atoms with E-state index in [9.17, 15) is 13.2 Å². The minimum Gasteiger partial charge on any atom is -0.336 e. The number of carbonyl (C=O) groups is 1. The minimum absolute atomic E-state index is 0.0427. The van der Waals surface area contributed by atoms with Crippen LogP contribution in [0.2, 0.25) is 0 Å². The Morgan fingerprint density at radius 1 is 0.929 bits per heavy atom. The maximum Gasteiger partial charge on any atom is 0.253 e. The Kier molecular flexibility index (Phi) is 5.91. The van der Waals surface area contributed by atoms with Gasteiger partial charge in [0.25, 0.3) is 5.91 Å². The van der Waals surface area contributed by atoms with E-state index in [2.05, 4.69) is 13.8 Å². The number of carbonyl (C=O) groups excluding carboxylic acids is 1. The molecule has 0 N–H and O–H groups in total. The molecular formula is C22H28N2O3S. The third-order valence-corrected chi connectivity index (χ3v) is 7.36. The number of amides is 1. The van der Waals surface area contributed by atoms with Crippen molar-refractivity contribution in [2.24, 2.45) is 0 Å². The van der Waals surface area contributed by atoms with E-state index in [1.54, 1.807) is 11.0 Å². The SMILES string of the molecule is Cc1ccc(S(=O)(=O)N2CCN(C(=O)c3ccc(C(C)C)cc3)CC2)c(C)c1. The van der Waals surface area contributed by atoms with Crippen LogP contribution in [-0.2, 0) is 10.0 Å². The van der Waals surface area contributed by atoms with Gasteiger partial charge in [0.2, 0.25) is 10.0 Å². The zero-order valence-corrected chi connectivity index (χ0v) is 17.8. The maximum absolute atomic E-state index is 13.0. The summed E-state index contributed by atoms with van der Waals surface area (Å²) in [6.45, 7) is 9.42. The molecular weight excluding hydrogens is 372 g/mol. The van der Waals surface area contributed by atoms with Gasteiger partial charge in [-0.15, -0.1) is 0 Å². The highest BCUT2D eigenvalue weighted by molar-refractivity contribution is 7.89. The summed E-state index contributed by atoms with van der Waals surface area (Å²) in [6, 6.07) is 13.1. The molecule has 0 saturated carbocycles. The lowest BCUT2D eigenvalue weighted by molar-refractivity contribution is 0.0698. The summed E-state index contributed by atoms with van der Waals surface area (Å²) < 4.78 is 27.5. The quantitative estimate of drug-likeness (QED) is 0.788. The summed E-state index contributed by atoms with van der Waals surface area (Å²) in [7, 11) is -3.54. The van der Waals surface area contributed by atoms with Crippen LogP contribution in [0.25, 0.3) is 0 Å². The number of benzene rings is 2. The van der Waals surface area contributed by atoms with Gasteiger partial charge in [-0.1, -0.05) is 43.7 Å². The standard InChI is InChI=1S/C22H28N2O3S/c1-16(2)19-6-8-20(9-7-19)22(25)23-11-13-24(14-12-23)28(26,27)21-10-5-17(3)15-18(21)4/h5-10,15-16H,11-14H2,1-4H3. The molecule has 5 nitrogen and oxygen atoms in total. The van der Waals surface area contributed by atoms with Crippen molar-refractivity contribution in [1.82, 2.24) is 9.21 Å². The van der Waals surface area contributed by atoms with Crippen molar-refractivity contribution in [1.29, 1.82) is 0 Å². The Morgan fingerprint density at radius 3 is 2.07 bits per heavy atom. The Morgan fingerprint density at radius 2 is 1.54 bits per heavy atom. The summed E-state index contributed by atoms with van der Waals surface area (Å²) in [5.74, 6) is 0.377. The highest BCUT2D eigenvalue weighted by Crippen LogP contribution is 2.23. The predicted octanol–water partition coefficient (Wildman–Crippen LogP) is 3.57. The van der Waals surface area contributed by atoms with E-state index in [0.29, 0.717) is 42.6 Å². The normalized spacial score (nSPS) is 15.8.